The Hall–Kier alpha value is -0.920. The van der Waals surface area contributed by atoms with Gasteiger partial charge in [0, 0.05) is 22.5 Å². The molecule has 4 nitrogen and oxygen atoms in total. The number of carbonyl (C=O) groups is 1. The summed E-state index contributed by atoms with van der Waals surface area (Å²) >= 11 is 3.31. The third kappa shape index (κ3) is 4.37. The lowest BCUT2D eigenvalue weighted by atomic mass is 9.92. The first-order chi connectivity index (χ1) is 11.0. The van der Waals surface area contributed by atoms with Gasteiger partial charge in [-0.1, -0.05) is 15.9 Å². The second kappa shape index (κ2) is 7.97. The average Bonchev–Trinajstić information content (AvgIpc) is 3.20. The Bertz CT molecular complexity index is 597. The molecule has 1 saturated carbocycles. The molecule has 1 aromatic rings. The molecule has 1 amide bonds. The van der Waals surface area contributed by atoms with Gasteiger partial charge in [0.15, 0.2) is 0 Å². The highest BCUT2D eigenvalue weighted by Gasteiger charge is 2.57. The fraction of sp³-hybridized carbons (Fsp3) is 0.562. The van der Waals surface area contributed by atoms with Crippen LogP contribution in [0.1, 0.15) is 24.8 Å². The second-order valence-corrected chi connectivity index (χ2v) is 7.13. The van der Waals surface area contributed by atoms with Crippen LogP contribution in [0.5, 0.6) is 5.75 Å². The van der Waals surface area contributed by atoms with Gasteiger partial charge in [-0.3, -0.25) is 4.79 Å². The number of alkyl halides is 2. The number of rotatable bonds is 5. The monoisotopic (exact) mass is 424 g/mol. The number of halogens is 4. The third-order valence-electron chi connectivity index (χ3n) is 4.80. The maximum Gasteiger partial charge on any atom is 0.387 e. The maximum atomic E-state index is 12.4. The van der Waals surface area contributed by atoms with Crippen molar-refractivity contribution < 1.29 is 18.3 Å². The van der Waals surface area contributed by atoms with Crippen molar-refractivity contribution in [3.05, 3.63) is 28.2 Å². The van der Waals surface area contributed by atoms with Gasteiger partial charge in [0.25, 0.3) is 0 Å². The first-order valence-electron chi connectivity index (χ1n) is 7.72. The smallest absolute Gasteiger partial charge is 0.387 e. The molecule has 3 rings (SSSR count). The van der Waals surface area contributed by atoms with Gasteiger partial charge in [-0.05, 0) is 56.0 Å². The molecule has 1 aromatic carbocycles. The molecule has 1 heterocycles. The summed E-state index contributed by atoms with van der Waals surface area (Å²) in [6.45, 7) is -0.776. The quantitative estimate of drug-likeness (QED) is 0.759. The highest BCUT2D eigenvalue weighted by Crippen LogP contribution is 2.58. The van der Waals surface area contributed by atoms with Crippen molar-refractivity contribution in [3.8, 4) is 5.75 Å². The van der Waals surface area contributed by atoms with Crippen LogP contribution in [0.25, 0.3) is 0 Å². The van der Waals surface area contributed by atoms with E-state index in [1.165, 1.54) is 6.07 Å². The minimum absolute atomic E-state index is 0. The summed E-state index contributed by atoms with van der Waals surface area (Å²) in [5.41, 5.74) is 0.697. The van der Waals surface area contributed by atoms with Gasteiger partial charge in [0.1, 0.15) is 5.75 Å². The van der Waals surface area contributed by atoms with Gasteiger partial charge in [-0.2, -0.15) is 8.78 Å². The van der Waals surface area contributed by atoms with E-state index in [1.807, 2.05) is 0 Å². The molecule has 1 atom stereocenters. The minimum Gasteiger partial charge on any atom is -0.434 e. The summed E-state index contributed by atoms with van der Waals surface area (Å²) in [7, 11) is 0. The molecule has 1 saturated heterocycles. The van der Waals surface area contributed by atoms with E-state index in [2.05, 4.69) is 31.3 Å². The van der Waals surface area contributed by atoms with Crippen LogP contribution in [0.2, 0.25) is 0 Å². The van der Waals surface area contributed by atoms with Crippen molar-refractivity contribution >= 4 is 34.2 Å². The van der Waals surface area contributed by atoms with Gasteiger partial charge in [-0.15, -0.1) is 12.4 Å². The van der Waals surface area contributed by atoms with Crippen molar-refractivity contribution in [3.63, 3.8) is 0 Å². The van der Waals surface area contributed by atoms with Gasteiger partial charge in [0.05, 0.1) is 0 Å². The zero-order valence-corrected chi connectivity index (χ0v) is 15.4. The van der Waals surface area contributed by atoms with Crippen LogP contribution in [-0.4, -0.2) is 25.6 Å². The van der Waals surface area contributed by atoms with E-state index in [-0.39, 0.29) is 41.9 Å². The summed E-state index contributed by atoms with van der Waals surface area (Å²) in [6.07, 6.45) is 2.99. The SMILES string of the molecule is Cl.O=C(NCc1cc(Br)ccc1OC(F)F)C1CC12CCNCC2. The number of ether oxygens (including phenoxy) is 1. The van der Waals surface area contributed by atoms with Crippen molar-refractivity contribution in [2.45, 2.75) is 32.4 Å². The molecule has 8 heteroatoms. The molecule has 2 fully saturated rings. The number of hydrogen-bond donors (Lipinski definition) is 2. The van der Waals surface area contributed by atoms with Crippen molar-refractivity contribution in [2.24, 2.45) is 11.3 Å². The number of benzene rings is 1. The predicted octanol–water partition coefficient (Wildman–Crippen LogP) is 3.48. The highest BCUT2D eigenvalue weighted by atomic mass is 79.9. The summed E-state index contributed by atoms with van der Waals surface area (Å²) < 4.78 is 30.2. The summed E-state index contributed by atoms with van der Waals surface area (Å²) in [5, 5.41) is 6.17. The molecule has 0 radical (unpaired) electrons. The Balaban J connectivity index is 0.00000208. The lowest BCUT2D eigenvalue weighted by Crippen LogP contribution is -2.33. The molecular weight excluding hydrogens is 406 g/mol. The van der Waals surface area contributed by atoms with Gasteiger partial charge in [-0.25, -0.2) is 0 Å². The van der Waals surface area contributed by atoms with Gasteiger partial charge >= 0.3 is 6.61 Å². The van der Waals surface area contributed by atoms with E-state index >= 15 is 0 Å². The first kappa shape index (κ1) is 19.4. The molecule has 0 aromatic heterocycles. The van der Waals surface area contributed by atoms with E-state index < -0.39 is 6.61 Å². The zero-order valence-electron chi connectivity index (χ0n) is 13.0. The minimum atomic E-state index is -2.88. The lowest BCUT2D eigenvalue weighted by Gasteiger charge is -2.23. The molecule has 0 bridgehead atoms. The average molecular weight is 426 g/mol. The van der Waals surface area contributed by atoms with Crippen LogP contribution in [0.3, 0.4) is 0 Å². The van der Waals surface area contributed by atoms with Crippen LogP contribution in [-0.2, 0) is 11.3 Å². The highest BCUT2D eigenvalue weighted by molar-refractivity contribution is 9.10. The molecule has 1 spiro atoms. The molecule has 134 valence electrons. The Morgan fingerprint density at radius 1 is 1.42 bits per heavy atom. The number of carbonyl (C=O) groups excluding carboxylic acids is 1. The van der Waals surface area contributed by atoms with Crippen molar-refractivity contribution in [2.75, 3.05) is 13.1 Å². The molecule has 1 aliphatic carbocycles. The Morgan fingerprint density at radius 2 is 2.12 bits per heavy atom. The van der Waals surface area contributed by atoms with Crippen LogP contribution < -0.4 is 15.4 Å². The predicted molar refractivity (Wildman–Crippen MR) is 92.5 cm³/mol. The van der Waals surface area contributed by atoms with E-state index in [0.717, 1.165) is 36.8 Å². The summed E-state index contributed by atoms with van der Waals surface area (Å²) in [5.74, 6) is 0.155. The van der Waals surface area contributed by atoms with Crippen LogP contribution in [0.15, 0.2) is 22.7 Å². The largest absolute Gasteiger partial charge is 0.434 e. The topological polar surface area (TPSA) is 50.4 Å². The second-order valence-electron chi connectivity index (χ2n) is 6.22. The summed E-state index contributed by atoms with van der Waals surface area (Å²) in [4.78, 5) is 12.3. The van der Waals surface area contributed by atoms with E-state index in [1.54, 1.807) is 12.1 Å². The Morgan fingerprint density at radius 3 is 2.79 bits per heavy atom. The Labute approximate surface area is 154 Å². The molecule has 2 N–H and O–H groups in total. The third-order valence-corrected chi connectivity index (χ3v) is 5.29. The fourth-order valence-electron chi connectivity index (χ4n) is 3.40. The molecule has 24 heavy (non-hydrogen) atoms. The van der Waals surface area contributed by atoms with E-state index in [9.17, 15) is 13.6 Å². The number of amides is 1. The molecule has 1 aliphatic heterocycles. The first-order valence-corrected chi connectivity index (χ1v) is 8.51. The van der Waals surface area contributed by atoms with Gasteiger partial charge < -0.3 is 15.4 Å². The normalized spacial score (nSPS) is 21.2. The van der Waals surface area contributed by atoms with E-state index in [4.69, 9.17) is 0 Å². The standard InChI is InChI=1S/C16H19BrF2N2O2.ClH/c17-11-1-2-13(23-15(18)19)10(7-11)9-21-14(22)12-8-16(12)3-5-20-6-4-16;/h1-2,7,12,15,20H,3-6,8-9H2,(H,21,22);1H. The number of piperidine rings is 1. The number of hydrogen-bond acceptors (Lipinski definition) is 3. The van der Waals surface area contributed by atoms with Gasteiger partial charge in [0.2, 0.25) is 5.91 Å². The lowest BCUT2D eigenvalue weighted by molar-refractivity contribution is -0.123. The Kier molecular flexibility index (Phi) is 6.45. The van der Waals surface area contributed by atoms with Crippen LogP contribution in [0.4, 0.5) is 8.78 Å². The molecule has 2 aliphatic rings. The van der Waals surface area contributed by atoms with Crippen molar-refractivity contribution in [1.82, 2.24) is 10.6 Å². The maximum absolute atomic E-state index is 12.4. The fourth-order valence-corrected chi connectivity index (χ4v) is 3.81. The van der Waals surface area contributed by atoms with Crippen LogP contribution >= 0.6 is 28.3 Å². The van der Waals surface area contributed by atoms with Crippen molar-refractivity contribution in [1.29, 1.82) is 0 Å². The summed E-state index contributed by atoms with van der Waals surface area (Å²) in [6, 6.07) is 4.79. The molecule has 1 unspecified atom stereocenters. The van der Waals surface area contributed by atoms with Crippen LogP contribution in [0, 0.1) is 11.3 Å². The number of nitrogens with one attached hydrogen (secondary N) is 2. The molecular formula is C16H20BrClF2N2O2. The zero-order chi connectivity index (χ0) is 16.4. The van der Waals surface area contributed by atoms with E-state index in [0.29, 0.717) is 5.56 Å².